The summed E-state index contributed by atoms with van der Waals surface area (Å²) in [7, 11) is 4.41. The quantitative estimate of drug-likeness (QED) is 0.805. The third-order valence-corrected chi connectivity index (χ3v) is 4.28. The molecule has 0 spiro atoms. The van der Waals surface area contributed by atoms with Crippen LogP contribution in [-0.2, 0) is 11.2 Å². The second kappa shape index (κ2) is 7.41. The third kappa shape index (κ3) is 4.05. The van der Waals surface area contributed by atoms with Gasteiger partial charge in [0.1, 0.15) is 0 Å². The molecule has 1 aliphatic heterocycles. The molecule has 0 aromatic heterocycles. The summed E-state index contributed by atoms with van der Waals surface area (Å²) in [5.74, 6) is 0. The van der Waals surface area contributed by atoms with E-state index in [1.54, 1.807) is 0 Å². The first kappa shape index (κ1) is 15.0. The highest BCUT2D eigenvalue weighted by atomic mass is 16.1. The van der Waals surface area contributed by atoms with Crippen molar-refractivity contribution in [3.8, 4) is 0 Å². The van der Waals surface area contributed by atoms with Crippen molar-refractivity contribution >= 4 is 12.1 Å². The lowest BCUT2D eigenvalue weighted by atomic mass is 10.0. The number of hydrogen-bond donors (Lipinski definition) is 1. The fraction of sp³-hybridized carbons (Fsp3) is 0.562. The normalized spacial score (nSPS) is 17.4. The Balaban J connectivity index is 1.86. The maximum atomic E-state index is 10.6. The largest absolute Gasteiger partial charge is 0.328 e. The molecule has 0 bridgehead atoms. The predicted molar refractivity (Wildman–Crippen MR) is 83.0 cm³/mol. The Labute approximate surface area is 121 Å². The van der Waals surface area contributed by atoms with Gasteiger partial charge in [0, 0.05) is 18.3 Å². The number of nitrogens with one attached hydrogen (secondary N) is 1. The average Bonchev–Trinajstić information content (AvgIpc) is 2.47. The molecule has 4 heteroatoms. The predicted octanol–water partition coefficient (Wildman–Crippen LogP) is 1.82. The van der Waals surface area contributed by atoms with Crippen molar-refractivity contribution in [3.63, 3.8) is 0 Å². The van der Waals surface area contributed by atoms with Gasteiger partial charge < -0.3 is 15.1 Å². The number of piperidine rings is 1. The minimum atomic E-state index is 0.692. The van der Waals surface area contributed by atoms with Gasteiger partial charge in [-0.05, 0) is 58.1 Å². The molecule has 1 amide bonds. The molecule has 1 aliphatic rings. The fourth-order valence-electron chi connectivity index (χ4n) is 2.86. The van der Waals surface area contributed by atoms with Gasteiger partial charge in [-0.25, -0.2) is 0 Å². The van der Waals surface area contributed by atoms with E-state index in [0.29, 0.717) is 6.04 Å². The summed E-state index contributed by atoms with van der Waals surface area (Å²) < 4.78 is 0. The molecule has 1 N–H and O–H groups in total. The SMILES string of the molecule is CN1CCC(N(C)CCc2ccccc2NC=O)CC1. The molecule has 2 rings (SSSR count). The molecule has 110 valence electrons. The molecular formula is C16H25N3O. The minimum absolute atomic E-state index is 0.692. The molecule has 4 nitrogen and oxygen atoms in total. The summed E-state index contributed by atoms with van der Waals surface area (Å²) in [5, 5.41) is 2.78. The van der Waals surface area contributed by atoms with Crippen molar-refractivity contribution in [2.45, 2.75) is 25.3 Å². The lowest BCUT2D eigenvalue weighted by Gasteiger charge is -2.35. The number of likely N-dealkylation sites (N-methyl/N-ethyl adjacent to an activating group) is 1. The van der Waals surface area contributed by atoms with Gasteiger partial charge in [-0.3, -0.25) is 4.79 Å². The average molecular weight is 275 g/mol. The summed E-state index contributed by atoms with van der Waals surface area (Å²) >= 11 is 0. The van der Waals surface area contributed by atoms with Gasteiger partial charge in [-0.15, -0.1) is 0 Å². The monoisotopic (exact) mass is 275 g/mol. The molecular weight excluding hydrogens is 250 g/mol. The number of nitrogens with zero attached hydrogens (tertiary/aromatic N) is 2. The molecule has 1 aromatic carbocycles. The van der Waals surface area contributed by atoms with Crippen molar-refractivity contribution in [1.29, 1.82) is 0 Å². The van der Waals surface area contributed by atoms with Crippen LogP contribution in [0, 0.1) is 0 Å². The van der Waals surface area contributed by atoms with Gasteiger partial charge in [0.25, 0.3) is 0 Å². The highest BCUT2D eigenvalue weighted by molar-refractivity contribution is 5.73. The minimum Gasteiger partial charge on any atom is -0.328 e. The van der Waals surface area contributed by atoms with Crippen LogP contribution >= 0.6 is 0 Å². The Morgan fingerprint density at radius 3 is 2.75 bits per heavy atom. The molecule has 1 saturated heterocycles. The van der Waals surface area contributed by atoms with Crippen LogP contribution in [-0.4, -0.2) is 56.0 Å². The van der Waals surface area contributed by atoms with Gasteiger partial charge in [-0.1, -0.05) is 18.2 Å². The number of hydrogen-bond acceptors (Lipinski definition) is 3. The molecule has 0 radical (unpaired) electrons. The lowest BCUT2D eigenvalue weighted by Crippen LogP contribution is -2.42. The second-order valence-electron chi connectivity index (χ2n) is 5.68. The van der Waals surface area contributed by atoms with Crippen LogP contribution < -0.4 is 5.32 Å². The smallest absolute Gasteiger partial charge is 0.211 e. The maximum absolute atomic E-state index is 10.6. The van der Waals surface area contributed by atoms with Gasteiger partial charge in [0.2, 0.25) is 6.41 Å². The van der Waals surface area contributed by atoms with Crippen LogP contribution in [0.3, 0.4) is 0 Å². The topological polar surface area (TPSA) is 35.6 Å². The molecule has 0 atom stereocenters. The second-order valence-corrected chi connectivity index (χ2v) is 5.68. The van der Waals surface area contributed by atoms with E-state index in [0.717, 1.165) is 25.1 Å². The van der Waals surface area contributed by atoms with Crippen LogP contribution in [0.2, 0.25) is 0 Å². The van der Waals surface area contributed by atoms with Crippen molar-refractivity contribution in [1.82, 2.24) is 9.80 Å². The number of carbonyl (C=O) groups is 1. The zero-order chi connectivity index (χ0) is 14.4. The Kier molecular flexibility index (Phi) is 5.56. The third-order valence-electron chi connectivity index (χ3n) is 4.28. The van der Waals surface area contributed by atoms with E-state index in [2.05, 4.69) is 35.3 Å². The van der Waals surface area contributed by atoms with Crippen molar-refractivity contribution in [2.24, 2.45) is 0 Å². The van der Waals surface area contributed by atoms with E-state index >= 15 is 0 Å². The lowest BCUT2D eigenvalue weighted by molar-refractivity contribution is -0.105. The number of likely N-dealkylation sites (tertiary alicyclic amines) is 1. The number of carbonyl (C=O) groups excluding carboxylic acids is 1. The highest BCUT2D eigenvalue weighted by Gasteiger charge is 2.20. The molecule has 1 aromatic rings. The van der Waals surface area contributed by atoms with Crippen LogP contribution in [0.15, 0.2) is 24.3 Å². The van der Waals surface area contributed by atoms with Gasteiger partial charge in [0.15, 0.2) is 0 Å². The Morgan fingerprint density at radius 2 is 2.05 bits per heavy atom. The summed E-state index contributed by atoms with van der Waals surface area (Å²) in [5.41, 5.74) is 2.14. The molecule has 1 heterocycles. The van der Waals surface area contributed by atoms with Crippen LogP contribution in [0.4, 0.5) is 5.69 Å². The maximum Gasteiger partial charge on any atom is 0.211 e. The first-order valence-electron chi connectivity index (χ1n) is 7.37. The van der Waals surface area contributed by atoms with Crippen molar-refractivity contribution in [3.05, 3.63) is 29.8 Å². The van der Waals surface area contributed by atoms with E-state index in [9.17, 15) is 4.79 Å². The highest BCUT2D eigenvalue weighted by Crippen LogP contribution is 2.18. The van der Waals surface area contributed by atoms with Gasteiger partial charge in [-0.2, -0.15) is 0 Å². The fourth-order valence-corrected chi connectivity index (χ4v) is 2.86. The summed E-state index contributed by atoms with van der Waals surface area (Å²) in [6.45, 7) is 3.42. The first-order chi connectivity index (χ1) is 9.70. The van der Waals surface area contributed by atoms with E-state index in [-0.39, 0.29) is 0 Å². The summed E-state index contributed by atoms with van der Waals surface area (Å²) in [6, 6.07) is 8.72. The standard InChI is InChI=1S/C16H25N3O/c1-18-10-8-15(9-11-18)19(2)12-7-14-5-3-4-6-16(14)17-13-20/h3-6,13,15H,7-12H2,1-2H3,(H,17,20). The Bertz CT molecular complexity index is 427. The van der Waals surface area contributed by atoms with E-state index in [4.69, 9.17) is 0 Å². The zero-order valence-electron chi connectivity index (χ0n) is 12.5. The van der Waals surface area contributed by atoms with Crippen LogP contribution in [0.25, 0.3) is 0 Å². The van der Waals surface area contributed by atoms with E-state index < -0.39 is 0 Å². The molecule has 0 aliphatic carbocycles. The Hall–Kier alpha value is -1.39. The molecule has 1 fully saturated rings. The van der Waals surface area contributed by atoms with E-state index in [1.807, 2.05) is 18.2 Å². The van der Waals surface area contributed by atoms with Crippen molar-refractivity contribution < 1.29 is 4.79 Å². The molecule has 20 heavy (non-hydrogen) atoms. The van der Waals surface area contributed by atoms with Crippen LogP contribution in [0.1, 0.15) is 18.4 Å². The summed E-state index contributed by atoms with van der Waals surface area (Å²) in [4.78, 5) is 15.5. The number of para-hydroxylation sites is 1. The first-order valence-corrected chi connectivity index (χ1v) is 7.37. The van der Waals surface area contributed by atoms with E-state index in [1.165, 1.54) is 31.5 Å². The number of amides is 1. The van der Waals surface area contributed by atoms with Crippen LogP contribution in [0.5, 0.6) is 0 Å². The number of anilines is 1. The number of rotatable bonds is 6. The zero-order valence-corrected chi connectivity index (χ0v) is 12.5. The molecule has 0 unspecified atom stereocenters. The van der Waals surface area contributed by atoms with Crippen molar-refractivity contribution in [2.75, 3.05) is 39.0 Å². The van der Waals surface area contributed by atoms with Gasteiger partial charge >= 0.3 is 0 Å². The molecule has 0 saturated carbocycles. The van der Waals surface area contributed by atoms with Gasteiger partial charge in [0.05, 0.1) is 0 Å². The number of benzene rings is 1. The Morgan fingerprint density at radius 1 is 1.35 bits per heavy atom. The summed E-state index contributed by atoms with van der Waals surface area (Å²) in [6.07, 6.45) is 4.22.